The zero-order valence-electron chi connectivity index (χ0n) is 10.3. The van der Waals surface area contributed by atoms with Gasteiger partial charge in [0.1, 0.15) is 5.01 Å². The van der Waals surface area contributed by atoms with E-state index >= 15 is 0 Å². The lowest BCUT2D eigenvalue weighted by Gasteiger charge is -2.21. The number of nitrogens with one attached hydrogen (secondary N) is 1. The molecule has 0 spiro atoms. The monoisotopic (exact) mass is 241 g/mol. The van der Waals surface area contributed by atoms with Crippen LogP contribution in [-0.4, -0.2) is 29.0 Å². The second kappa shape index (κ2) is 5.84. The van der Waals surface area contributed by atoms with Crippen molar-refractivity contribution in [3.8, 4) is 0 Å². The summed E-state index contributed by atoms with van der Waals surface area (Å²) in [6.07, 6.45) is 0. The number of thiazole rings is 1. The number of aromatic nitrogens is 1. The Bertz CT molecular complexity index is 347. The predicted molar refractivity (Wildman–Crippen MR) is 66.7 cm³/mol. The van der Waals surface area contributed by atoms with E-state index in [1.165, 1.54) is 0 Å². The van der Waals surface area contributed by atoms with Crippen molar-refractivity contribution in [2.24, 2.45) is 0 Å². The summed E-state index contributed by atoms with van der Waals surface area (Å²) >= 11 is 1.58. The van der Waals surface area contributed by atoms with E-state index in [1.807, 2.05) is 33.1 Å². The van der Waals surface area contributed by atoms with E-state index in [9.17, 15) is 4.79 Å². The zero-order chi connectivity index (χ0) is 12.1. The van der Waals surface area contributed by atoms with Crippen LogP contribution in [0.15, 0.2) is 5.38 Å². The molecule has 5 heteroatoms. The van der Waals surface area contributed by atoms with Crippen LogP contribution in [-0.2, 0) is 0 Å². The second-order valence-corrected chi connectivity index (χ2v) is 4.56. The molecule has 1 heterocycles. The molecule has 1 unspecified atom stereocenters. The van der Waals surface area contributed by atoms with Crippen LogP contribution in [0.3, 0.4) is 0 Å². The lowest BCUT2D eigenvalue weighted by atomic mass is 10.3. The van der Waals surface area contributed by atoms with Crippen molar-refractivity contribution in [1.29, 1.82) is 0 Å². The number of carbonyl (C=O) groups excluding carboxylic acids is 1. The number of hydrogen-bond acceptors (Lipinski definition) is 3. The Labute approximate surface area is 101 Å². The third-order valence-corrected chi connectivity index (χ3v) is 3.54. The van der Waals surface area contributed by atoms with Gasteiger partial charge in [-0.3, -0.25) is 0 Å². The summed E-state index contributed by atoms with van der Waals surface area (Å²) in [7, 11) is 0. The lowest BCUT2D eigenvalue weighted by molar-refractivity contribution is 0.200. The van der Waals surface area contributed by atoms with Crippen molar-refractivity contribution < 1.29 is 4.79 Å². The Morgan fingerprint density at radius 1 is 1.56 bits per heavy atom. The van der Waals surface area contributed by atoms with E-state index in [0.717, 1.165) is 23.8 Å². The van der Waals surface area contributed by atoms with Gasteiger partial charge in [0.2, 0.25) is 0 Å². The standard InChI is InChI=1S/C11H19N3OS/c1-5-14(6-2)11(15)13-9(4)10-12-8(3)7-16-10/h7,9H,5-6H2,1-4H3,(H,13,15). The number of amides is 2. The average Bonchev–Trinajstić information content (AvgIpc) is 2.66. The molecule has 0 aliphatic heterocycles. The van der Waals surface area contributed by atoms with Gasteiger partial charge in [-0.25, -0.2) is 9.78 Å². The summed E-state index contributed by atoms with van der Waals surface area (Å²) < 4.78 is 0. The minimum absolute atomic E-state index is 0.0215. The summed E-state index contributed by atoms with van der Waals surface area (Å²) in [6, 6.07) is -0.0443. The molecule has 1 rings (SSSR count). The number of nitrogens with zero attached hydrogens (tertiary/aromatic N) is 2. The number of aryl methyl sites for hydroxylation is 1. The molecule has 1 aromatic rings. The molecular formula is C11H19N3OS. The minimum Gasteiger partial charge on any atom is -0.329 e. The van der Waals surface area contributed by atoms with Crippen molar-refractivity contribution in [3.63, 3.8) is 0 Å². The fourth-order valence-corrected chi connectivity index (χ4v) is 2.22. The predicted octanol–water partition coefficient (Wildman–Crippen LogP) is 2.56. The molecule has 0 aromatic carbocycles. The second-order valence-electron chi connectivity index (χ2n) is 3.67. The molecule has 16 heavy (non-hydrogen) atoms. The van der Waals surface area contributed by atoms with Crippen LogP contribution in [0.1, 0.15) is 37.5 Å². The van der Waals surface area contributed by atoms with Crippen molar-refractivity contribution in [1.82, 2.24) is 15.2 Å². The fraction of sp³-hybridized carbons (Fsp3) is 0.636. The van der Waals surface area contributed by atoms with Crippen LogP contribution >= 0.6 is 11.3 Å². The largest absolute Gasteiger partial charge is 0.329 e. The van der Waals surface area contributed by atoms with Crippen molar-refractivity contribution in [3.05, 3.63) is 16.1 Å². The maximum atomic E-state index is 11.8. The summed E-state index contributed by atoms with van der Waals surface area (Å²) in [5.41, 5.74) is 1.00. The van der Waals surface area contributed by atoms with E-state index in [2.05, 4.69) is 10.3 Å². The molecule has 0 fully saturated rings. The highest BCUT2D eigenvalue weighted by atomic mass is 32.1. The molecule has 0 radical (unpaired) electrons. The van der Waals surface area contributed by atoms with Gasteiger partial charge in [-0.1, -0.05) is 0 Å². The molecule has 1 N–H and O–H groups in total. The van der Waals surface area contributed by atoms with Crippen LogP contribution in [0.5, 0.6) is 0 Å². The fourth-order valence-electron chi connectivity index (χ4n) is 1.42. The molecule has 0 saturated heterocycles. The normalized spacial score (nSPS) is 12.2. The van der Waals surface area contributed by atoms with Gasteiger partial charge in [0.05, 0.1) is 6.04 Å². The first-order valence-electron chi connectivity index (χ1n) is 5.55. The summed E-state index contributed by atoms with van der Waals surface area (Å²) in [6.45, 7) is 9.32. The topological polar surface area (TPSA) is 45.2 Å². The molecule has 4 nitrogen and oxygen atoms in total. The van der Waals surface area contributed by atoms with Crippen molar-refractivity contribution in [2.75, 3.05) is 13.1 Å². The Balaban J connectivity index is 2.57. The quantitative estimate of drug-likeness (QED) is 0.880. The van der Waals surface area contributed by atoms with Gasteiger partial charge in [-0.2, -0.15) is 0 Å². The molecular weight excluding hydrogens is 222 g/mol. The maximum Gasteiger partial charge on any atom is 0.317 e. The minimum atomic E-state index is -0.0228. The molecule has 0 aliphatic carbocycles. The van der Waals surface area contributed by atoms with Gasteiger partial charge in [-0.05, 0) is 27.7 Å². The Hall–Kier alpha value is -1.10. The first kappa shape index (κ1) is 13.0. The van der Waals surface area contributed by atoms with Gasteiger partial charge >= 0.3 is 6.03 Å². The summed E-state index contributed by atoms with van der Waals surface area (Å²) in [4.78, 5) is 17.9. The lowest BCUT2D eigenvalue weighted by Crippen LogP contribution is -2.40. The number of carbonyl (C=O) groups is 1. The highest BCUT2D eigenvalue weighted by Gasteiger charge is 2.15. The molecule has 0 saturated carbocycles. The van der Waals surface area contributed by atoms with E-state index in [-0.39, 0.29) is 12.1 Å². The molecule has 90 valence electrons. The van der Waals surface area contributed by atoms with Crippen molar-refractivity contribution >= 4 is 17.4 Å². The third kappa shape index (κ3) is 3.20. The van der Waals surface area contributed by atoms with E-state index in [4.69, 9.17) is 0 Å². The first-order chi connectivity index (χ1) is 7.58. The van der Waals surface area contributed by atoms with Crippen LogP contribution in [0.4, 0.5) is 4.79 Å². The summed E-state index contributed by atoms with van der Waals surface area (Å²) in [5.74, 6) is 0. The van der Waals surface area contributed by atoms with Crippen molar-refractivity contribution in [2.45, 2.75) is 33.7 Å². The van der Waals surface area contributed by atoms with Gasteiger partial charge in [0.25, 0.3) is 0 Å². The molecule has 1 aromatic heterocycles. The van der Waals surface area contributed by atoms with E-state index < -0.39 is 0 Å². The number of rotatable bonds is 4. The summed E-state index contributed by atoms with van der Waals surface area (Å²) in [5, 5.41) is 5.90. The van der Waals surface area contributed by atoms with Crippen LogP contribution in [0.2, 0.25) is 0 Å². The molecule has 2 amide bonds. The Kier molecular flexibility index (Phi) is 4.73. The van der Waals surface area contributed by atoms with Gasteiger partial charge in [0, 0.05) is 24.2 Å². The van der Waals surface area contributed by atoms with Gasteiger partial charge in [-0.15, -0.1) is 11.3 Å². The van der Waals surface area contributed by atoms with Crippen LogP contribution in [0, 0.1) is 6.92 Å². The van der Waals surface area contributed by atoms with E-state index in [1.54, 1.807) is 16.2 Å². The number of hydrogen-bond donors (Lipinski definition) is 1. The molecule has 1 atom stereocenters. The van der Waals surface area contributed by atoms with E-state index in [0.29, 0.717) is 0 Å². The Morgan fingerprint density at radius 2 is 2.19 bits per heavy atom. The number of urea groups is 1. The van der Waals surface area contributed by atoms with Crippen LogP contribution in [0.25, 0.3) is 0 Å². The SMILES string of the molecule is CCN(CC)C(=O)NC(C)c1nc(C)cs1. The third-order valence-electron chi connectivity index (χ3n) is 2.40. The van der Waals surface area contributed by atoms with Gasteiger partial charge in [0.15, 0.2) is 0 Å². The molecule has 0 aliphatic rings. The highest BCUT2D eigenvalue weighted by molar-refractivity contribution is 7.09. The zero-order valence-corrected chi connectivity index (χ0v) is 11.1. The maximum absolute atomic E-state index is 11.8. The average molecular weight is 241 g/mol. The highest BCUT2D eigenvalue weighted by Crippen LogP contribution is 2.17. The van der Waals surface area contributed by atoms with Gasteiger partial charge < -0.3 is 10.2 Å². The smallest absolute Gasteiger partial charge is 0.317 e. The van der Waals surface area contributed by atoms with Crippen LogP contribution < -0.4 is 5.32 Å². The molecule has 0 bridgehead atoms. The Morgan fingerprint density at radius 3 is 2.62 bits per heavy atom. The first-order valence-corrected chi connectivity index (χ1v) is 6.43.